The highest BCUT2D eigenvalue weighted by molar-refractivity contribution is 6.21. The van der Waals surface area contributed by atoms with E-state index in [2.05, 4.69) is 5.32 Å². The number of fused-ring (bicyclic) bond motifs is 2. The van der Waals surface area contributed by atoms with Gasteiger partial charge < -0.3 is 52.7 Å². The van der Waals surface area contributed by atoms with Crippen LogP contribution in [0.15, 0.2) is 78.9 Å². The predicted octanol–water partition coefficient (Wildman–Crippen LogP) is 2.62. The molecule has 1 unspecified atom stereocenters. The summed E-state index contributed by atoms with van der Waals surface area (Å²) in [6.45, 7) is 4.02. The van der Waals surface area contributed by atoms with Gasteiger partial charge in [0.05, 0.1) is 24.8 Å². The molecule has 7 rings (SSSR count). The highest BCUT2D eigenvalue weighted by Gasteiger charge is 2.60. The van der Waals surface area contributed by atoms with E-state index in [1.54, 1.807) is 60.7 Å². The van der Waals surface area contributed by atoms with Crippen LogP contribution in [0, 0.1) is 0 Å². The van der Waals surface area contributed by atoms with Crippen LogP contribution in [0.5, 0.6) is 11.5 Å². The molecule has 4 aliphatic heterocycles. The molecule has 0 saturated carbocycles. The van der Waals surface area contributed by atoms with Crippen LogP contribution in [0.2, 0.25) is 0 Å². The maximum absolute atomic E-state index is 14.3. The van der Waals surface area contributed by atoms with Crippen molar-refractivity contribution in [2.75, 3.05) is 20.3 Å². The second-order valence-corrected chi connectivity index (χ2v) is 14.4. The van der Waals surface area contributed by atoms with E-state index in [4.69, 9.17) is 47.4 Å². The number of nitrogens with zero attached hydrogens (tertiary/aromatic N) is 1. The van der Waals surface area contributed by atoms with E-state index < -0.39 is 110 Å². The Hall–Kier alpha value is -5.92. The summed E-state index contributed by atoms with van der Waals surface area (Å²) in [4.78, 5) is 80.1. The van der Waals surface area contributed by atoms with Gasteiger partial charge in [-0.05, 0) is 36.4 Å². The normalized spacial score (nSPS) is 29.7. The number of imide groups is 1. The quantitative estimate of drug-likeness (QED) is 0.158. The number of carbonyl (C=O) groups excluding carboxylic acids is 6. The van der Waals surface area contributed by atoms with Crippen molar-refractivity contribution in [3.05, 3.63) is 95.6 Å². The van der Waals surface area contributed by atoms with Gasteiger partial charge in [-0.1, -0.05) is 42.5 Å². The number of carbonyl (C=O) groups is 6. The van der Waals surface area contributed by atoms with Crippen molar-refractivity contribution < 1.29 is 76.1 Å². The van der Waals surface area contributed by atoms with Crippen molar-refractivity contribution in [3.63, 3.8) is 0 Å². The standard InChI is InChI=1S/C42H44N2O16/c1-21(45)43-32-36(34-31(20-53-40(59-34)25-11-7-6-8-12-25)57-41(32)56-27-17-15-26(51-5)16-18-27)60-42-33(44-38(49)28-13-9-10-14-29(28)39(44)50)37(55-24(4)48)35(54-23(3)47)30(58-42)19-52-22(2)46/h6-18,30-37,40-42H,19-20H2,1-5H3,(H,43,45)/t30-,31-,32-,33-,34-,35-,36-,37-,40?,41-,42+/m1/s1. The van der Waals surface area contributed by atoms with Gasteiger partial charge in [0.15, 0.2) is 24.8 Å². The summed E-state index contributed by atoms with van der Waals surface area (Å²) >= 11 is 0. The number of methoxy groups -OCH3 is 1. The molecule has 3 aromatic rings. The minimum atomic E-state index is -1.76. The average molecular weight is 833 g/mol. The lowest BCUT2D eigenvalue weighted by Gasteiger charge is -2.52. The second kappa shape index (κ2) is 18.1. The monoisotopic (exact) mass is 832 g/mol. The summed E-state index contributed by atoms with van der Waals surface area (Å²) in [6.07, 6.45) is -11.9. The number of rotatable bonds is 12. The molecule has 3 aromatic carbocycles. The molecule has 60 heavy (non-hydrogen) atoms. The Morgan fingerprint density at radius 3 is 1.93 bits per heavy atom. The van der Waals surface area contributed by atoms with Gasteiger partial charge >= 0.3 is 17.9 Å². The number of ether oxygens (including phenoxy) is 10. The van der Waals surface area contributed by atoms with Gasteiger partial charge in [0.25, 0.3) is 11.8 Å². The van der Waals surface area contributed by atoms with Gasteiger partial charge in [-0.3, -0.25) is 33.7 Å². The molecule has 0 spiro atoms. The summed E-state index contributed by atoms with van der Waals surface area (Å²) in [5, 5.41) is 2.86. The molecule has 3 fully saturated rings. The molecule has 3 amide bonds. The molecule has 4 heterocycles. The molecule has 18 heteroatoms. The Balaban J connectivity index is 1.35. The summed E-state index contributed by atoms with van der Waals surface area (Å²) in [5.74, 6) is -3.65. The fourth-order valence-electron chi connectivity index (χ4n) is 7.69. The van der Waals surface area contributed by atoms with Crippen LogP contribution in [0.4, 0.5) is 0 Å². The van der Waals surface area contributed by atoms with E-state index in [9.17, 15) is 28.8 Å². The zero-order valence-corrected chi connectivity index (χ0v) is 33.2. The lowest BCUT2D eigenvalue weighted by molar-refractivity contribution is -0.366. The molecule has 11 atom stereocenters. The molecule has 0 aliphatic carbocycles. The van der Waals surface area contributed by atoms with E-state index in [0.717, 1.165) is 25.7 Å². The minimum absolute atomic E-state index is 0.0440. The van der Waals surface area contributed by atoms with Crippen molar-refractivity contribution >= 4 is 35.6 Å². The van der Waals surface area contributed by atoms with Crippen LogP contribution in [0.25, 0.3) is 0 Å². The smallest absolute Gasteiger partial charge is 0.303 e. The first-order chi connectivity index (χ1) is 28.8. The summed E-state index contributed by atoms with van der Waals surface area (Å²) < 4.78 is 61.0. The van der Waals surface area contributed by atoms with Gasteiger partial charge in [0.1, 0.15) is 54.6 Å². The van der Waals surface area contributed by atoms with Gasteiger partial charge in [-0.2, -0.15) is 0 Å². The van der Waals surface area contributed by atoms with Crippen LogP contribution in [-0.2, 0) is 57.1 Å². The molecule has 0 radical (unpaired) electrons. The highest BCUT2D eigenvalue weighted by atomic mass is 16.8. The van der Waals surface area contributed by atoms with Crippen molar-refractivity contribution in [2.24, 2.45) is 0 Å². The molecule has 318 valence electrons. The lowest BCUT2D eigenvalue weighted by Crippen LogP contribution is -2.72. The number of nitrogens with one attached hydrogen (secondary N) is 1. The SMILES string of the molecule is COc1ccc(O[C@@H]2O[C@@H]3COC(c4ccccc4)O[C@H]3[C@H](O[C@@H]3O[C@H](COC(C)=O)[C@@H](OC(C)=O)[C@H](OC(C)=O)[C@H]3N3C(=O)c4ccccc4C3=O)[C@H]2NC(C)=O)cc1. The van der Waals surface area contributed by atoms with E-state index in [-0.39, 0.29) is 17.7 Å². The Labute approximate surface area is 344 Å². The minimum Gasteiger partial charge on any atom is -0.497 e. The summed E-state index contributed by atoms with van der Waals surface area (Å²) in [5.41, 5.74) is 0.742. The second-order valence-electron chi connectivity index (χ2n) is 14.4. The lowest BCUT2D eigenvalue weighted by atomic mass is 9.92. The van der Waals surface area contributed by atoms with Crippen molar-refractivity contribution in [3.8, 4) is 11.5 Å². The molecule has 1 N–H and O–H groups in total. The first kappa shape index (κ1) is 42.2. The van der Waals surface area contributed by atoms with Crippen LogP contribution in [-0.4, -0.2) is 122 Å². The third-order valence-corrected chi connectivity index (χ3v) is 10.2. The number of hydrogen-bond acceptors (Lipinski definition) is 16. The predicted molar refractivity (Wildman–Crippen MR) is 202 cm³/mol. The fraction of sp³-hybridized carbons (Fsp3) is 0.429. The Kier molecular flexibility index (Phi) is 12.8. The number of hydrogen-bond donors (Lipinski definition) is 1. The van der Waals surface area contributed by atoms with Gasteiger partial charge in [0.2, 0.25) is 12.2 Å². The van der Waals surface area contributed by atoms with Gasteiger partial charge in [-0.25, -0.2) is 0 Å². The molecule has 4 aliphatic rings. The molecular weight excluding hydrogens is 788 g/mol. The molecule has 0 aromatic heterocycles. The van der Waals surface area contributed by atoms with Crippen LogP contribution < -0.4 is 14.8 Å². The van der Waals surface area contributed by atoms with E-state index in [1.807, 2.05) is 6.07 Å². The van der Waals surface area contributed by atoms with E-state index >= 15 is 0 Å². The van der Waals surface area contributed by atoms with E-state index in [1.165, 1.54) is 26.2 Å². The molecule has 0 bridgehead atoms. The maximum Gasteiger partial charge on any atom is 0.303 e. The maximum atomic E-state index is 14.3. The van der Waals surface area contributed by atoms with E-state index in [0.29, 0.717) is 17.1 Å². The first-order valence-corrected chi connectivity index (χ1v) is 19.1. The van der Waals surface area contributed by atoms with Gasteiger partial charge in [0, 0.05) is 33.3 Å². The highest BCUT2D eigenvalue weighted by Crippen LogP contribution is 2.41. The molecule has 3 saturated heterocycles. The third kappa shape index (κ3) is 8.97. The summed E-state index contributed by atoms with van der Waals surface area (Å²) in [7, 11) is 1.51. The number of amides is 3. The topological polar surface area (TPSA) is 210 Å². The zero-order chi connectivity index (χ0) is 42.7. The molecular formula is C42H44N2O16. The largest absolute Gasteiger partial charge is 0.497 e. The molecule has 18 nitrogen and oxygen atoms in total. The van der Waals surface area contributed by atoms with Crippen LogP contribution >= 0.6 is 0 Å². The van der Waals surface area contributed by atoms with Gasteiger partial charge in [-0.15, -0.1) is 0 Å². The number of esters is 3. The fourth-order valence-corrected chi connectivity index (χ4v) is 7.69. The van der Waals surface area contributed by atoms with Crippen LogP contribution in [0.3, 0.4) is 0 Å². The summed E-state index contributed by atoms with van der Waals surface area (Å²) in [6, 6.07) is 18.8. The van der Waals surface area contributed by atoms with Crippen molar-refractivity contribution in [2.45, 2.75) is 95.3 Å². The average Bonchev–Trinajstić information content (AvgIpc) is 3.47. The Bertz CT molecular complexity index is 2050. The zero-order valence-electron chi connectivity index (χ0n) is 33.2. The third-order valence-electron chi connectivity index (χ3n) is 10.2. The Morgan fingerprint density at radius 1 is 0.717 bits per heavy atom. The van der Waals surface area contributed by atoms with Crippen molar-refractivity contribution in [1.29, 1.82) is 0 Å². The number of benzene rings is 3. The van der Waals surface area contributed by atoms with Crippen molar-refractivity contribution in [1.82, 2.24) is 10.2 Å². The Morgan fingerprint density at radius 2 is 1.33 bits per heavy atom. The van der Waals surface area contributed by atoms with Crippen LogP contribution in [0.1, 0.15) is 60.3 Å². The first-order valence-electron chi connectivity index (χ1n) is 19.1.